The fraction of sp³-hybridized carbons (Fsp3) is 0.333. The zero-order chi connectivity index (χ0) is 11.7. The lowest BCUT2D eigenvalue weighted by atomic mass is 10.2. The van der Waals surface area contributed by atoms with Crippen LogP contribution in [0.5, 0.6) is 0 Å². The summed E-state index contributed by atoms with van der Waals surface area (Å²) in [5.74, 6) is 0. The van der Waals surface area contributed by atoms with Crippen LogP contribution < -0.4 is 0 Å². The van der Waals surface area contributed by atoms with Crippen LogP contribution in [0.15, 0.2) is 29.2 Å². The van der Waals surface area contributed by atoms with Gasteiger partial charge in [0.1, 0.15) is 0 Å². The number of halogens is 2. The molecule has 0 fully saturated rings. The van der Waals surface area contributed by atoms with Gasteiger partial charge in [-0.3, -0.25) is 0 Å². The molecule has 0 bridgehead atoms. The Bertz CT molecular complexity index is 438. The van der Waals surface area contributed by atoms with Gasteiger partial charge in [0.25, 0.3) is 9.84 Å². The monoisotopic (exact) mass is 252 g/mol. The number of sulfone groups is 1. The summed E-state index contributed by atoms with van der Waals surface area (Å²) < 4.78 is 45.3. The van der Waals surface area contributed by atoms with E-state index in [9.17, 15) is 17.2 Å². The maximum atomic E-state index is 13.1. The van der Waals surface area contributed by atoms with Crippen LogP contribution in [-0.2, 0) is 9.84 Å². The topological polar surface area (TPSA) is 34.1 Å². The van der Waals surface area contributed by atoms with Crippen molar-refractivity contribution in [3.8, 4) is 0 Å². The maximum Gasteiger partial charge on any atom is 0.397 e. The SMILES string of the molecule is CSC(F)(F)S(=O)(=O)c1ccc(C)cc1. The molecule has 0 saturated carbocycles. The average molecular weight is 252 g/mol. The fourth-order valence-corrected chi connectivity index (χ4v) is 2.90. The zero-order valence-corrected chi connectivity index (χ0v) is 9.83. The van der Waals surface area contributed by atoms with Gasteiger partial charge in [-0.25, -0.2) is 8.42 Å². The summed E-state index contributed by atoms with van der Waals surface area (Å²) >= 11 is 0.0118. The van der Waals surface area contributed by atoms with Gasteiger partial charge in [0.15, 0.2) is 0 Å². The van der Waals surface area contributed by atoms with Crippen molar-refractivity contribution in [2.45, 2.75) is 16.4 Å². The second kappa shape index (κ2) is 4.09. The summed E-state index contributed by atoms with van der Waals surface area (Å²) in [7, 11) is -4.58. The molecule has 0 aliphatic carbocycles. The summed E-state index contributed by atoms with van der Waals surface area (Å²) in [4.78, 5) is -0.354. The number of aryl methyl sites for hydroxylation is 1. The van der Waals surface area contributed by atoms with Crippen LogP contribution in [0.25, 0.3) is 0 Å². The van der Waals surface area contributed by atoms with Gasteiger partial charge in [-0.2, -0.15) is 8.78 Å². The molecule has 0 unspecified atom stereocenters. The Hall–Kier alpha value is -0.620. The first kappa shape index (κ1) is 12.4. The Balaban J connectivity index is 3.24. The number of thioether (sulfide) groups is 1. The number of rotatable bonds is 3. The molecule has 0 amide bonds. The summed E-state index contributed by atoms with van der Waals surface area (Å²) in [5, 5.41) is 0. The van der Waals surface area contributed by atoms with E-state index >= 15 is 0 Å². The summed E-state index contributed by atoms with van der Waals surface area (Å²) in [6.07, 6.45) is 1.06. The van der Waals surface area contributed by atoms with E-state index in [1.54, 1.807) is 6.92 Å². The normalized spacial score (nSPS) is 12.8. The second-order valence-corrected chi connectivity index (χ2v) is 6.15. The highest BCUT2D eigenvalue weighted by molar-refractivity contribution is 8.13. The molecule has 1 aromatic rings. The largest absolute Gasteiger partial charge is 0.397 e. The van der Waals surface area contributed by atoms with Crippen LogP contribution in [0.4, 0.5) is 8.78 Å². The van der Waals surface area contributed by atoms with E-state index in [4.69, 9.17) is 0 Å². The first-order valence-corrected chi connectivity index (χ1v) is 6.76. The maximum absolute atomic E-state index is 13.1. The summed E-state index contributed by atoms with van der Waals surface area (Å²) in [5.41, 5.74) is 0.821. The van der Waals surface area contributed by atoms with Gasteiger partial charge in [-0.15, -0.1) is 0 Å². The number of alkyl halides is 2. The van der Waals surface area contributed by atoms with Crippen molar-refractivity contribution in [2.24, 2.45) is 0 Å². The predicted octanol–water partition coefficient (Wildman–Crippen LogP) is 2.68. The third kappa shape index (κ3) is 2.31. The molecule has 2 nitrogen and oxygen atoms in total. The molecular weight excluding hydrogens is 242 g/mol. The standard InChI is InChI=1S/C9H10F2O2S2/c1-7-3-5-8(6-4-7)15(12,13)9(10,11)14-2/h3-6H,1-2H3. The molecule has 15 heavy (non-hydrogen) atoms. The molecule has 0 radical (unpaired) electrons. The lowest BCUT2D eigenvalue weighted by molar-refractivity contribution is 0.196. The third-order valence-corrected chi connectivity index (χ3v) is 5.03. The molecule has 84 valence electrons. The summed E-state index contributed by atoms with van der Waals surface area (Å²) in [6, 6.07) is 5.36. The second-order valence-electron chi connectivity index (χ2n) is 2.98. The van der Waals surface area contributed by atoms with Gasteiger partial charge in [-0.05, 0) is 25.3 Å². The van der Waals surface area contributed by atoms with Crippen LogP contribution in [0.2, 0.25) is 0 Å². The van der Waals surface area contributed by atoms with E-state index < -0.39 is 14.4 Å². The fourth-order valence-electron chi connectivity index (χ4n) is 0.964. The molecule has 0 heterocycles. The van der Waals surface area contributed by atoms with Crippen molar-refractivity contribution in [1.82, 2.24) is 0 Å². The lowest BCUT2D eigenvalue weighted by Crippen LogP contribution is -2.24. The van der Waals surface area contributed by atoms with Gasteiger partial charge in [0, 0.05) is 0 Å². The minimum absolute atomic E-state index is 0.0118. The number of benzene rings is 1. The first-order valence-electron chi connectivity index (χ1n) is 4.05. The van der Waals surface area contributed by atoms with E-state index in [-0.39, 0.29) is 16.7 Å². The number of hydrogen-bond acceptors (Lipinski definition) is 3. The highest BCUT2D eigenvalue weighted by atomic mass is 32.3. The van der Waals surface area contributed by atoms with Crippen molar-refractivity contribution in [2.75, 3.05) is 6.26 Å². The van der Waals surface area contributed by atoms with Crippen LogP contribution >= 0.6 is 11.8 Å². The van der Waals surface area contributed by atoms with Crippen LogP contribution in [0.3, 0.4) is 0 Å². The highest BCUT2D eigenvalue weighted by Crippen LogP contribution is 2.37. The van der Waals surface area contributed by atoms with E-state index in [1.165, 1.54) is 24.3 Å². The molecule has 0 aromatic heterocycles. The van der Waals surface area contributed by atoms with E-state index in [1.807, 2.05) is 0 Å². The smallest absolute Gasteiger partial charge is 0.216 e. The van der Waals surface area contributed by atoms with Crippen molar-refractivity contribution >= 4 is 21.6 Å². The molecule has 1 rings (SSSR count). The molecule has 6 heteroatoms. The minimum atomic E-state index is -4.58. The van der Waals surface area contributed by atoms with E-state index in [0.717, 1.165) is 11.8 Å². The third-order valence-electron chi connectivity index (χ3n) is 1.88. The van der Waals surface area contributed by atoms with Crippen LogP contribution in [0.1, 0.15) is 5.56 Å². The van der Waals surface area contributed by atoms with Gasteiger partial charge in [0.2, 0.25) is 0 Å². The first-order chi connectivity index (χ1) is 6.81. The van der Waals surface area contributed by atoms with Crippen LogP contribution in [0, 0.1) is 6.92 Å². The van der Waals surface area contributed by atoms with Crippen LogP contribution in [-0.4, -0.2) is 19.3 Å². The predicted molar refractivity (Wildman–Crippen MR) is 56.8 cm³/mol. The molecule has 0 aliphatic rings. The molecule has 0 spiro atoms. The molecular formula is C9H10F2O2S2. The summed E-state index contributed by atoms with van der Waals surface area (Å²) in [6.45, 7) is 1.75. The van der Waals surface area contributed by atoms with Crippen molar-refractivity contribution in [1.29, 1.82) is 0 Å². The Labute approximate surface area is 91.6 Å². The molecule has 0 atom stereocenters. The molecule has 1 aromatic carbocycles. The Morgan fingerprint density at radius 2 is 1.67 bits per heavy atom. The Morgan fingerprint density at radius 1 is 1.20 bits per heavy atom. The lowest BCUT2D eigenvalue weighted by Gasteiger charge is -2.13. The van der Waals surface area contributed by atoms with E-state index in [2.05, 4.69) is 0 Å². The van der Waals surface area contributed by atoms with Gasteiger partial charge >= 0.3 is 4.59 Å². The zero-order valence-electron chi connectivity index (χ0n) is 8.20. The van der Waals surface area contributed by atoms with Crippen molar-refractivity contribution < 1.29 is 17.2 Å². The molecule has 0 saturated heterocycles. The Kier molecular flexibility index (Phi) is 3.40. The van der Waals surface area contributed by atoms with Crippen molar-refractivity contribution in [3.05, 3.63) is 29.8 Å². The molecule has 0 N–H and O–H groups in total. The molecule has 0 aliphatic heterocycles. The highest BCUT2D eigenvalue weighted by Gasteiger charge is 2.45. The van der Waals surface area contributed by atoms with E-state index in [0.29, 0.717) is 0 Å². The van der Waals surface area contributed by atoms with Crippen molar-refractivity contribution in [3.63, 3.8) is 0 Å². The van der Waals surface area contributed by atoms with Gasteiger partial charge < -0.3 is 0 Å². The quantitative estimate of drug-likeness (QED) is 0.829. The minimum Gasteiger partial charge on any atom is -0.216 e. The van der Waals surface area contributed by atoms with Gasteiger partial charge in [-0.1, -0.05) is 29.5 Å². The van der Waals surface area contributed by atoms with Gasteiger partial charge in [0.05, 0.1) is 4.90 Å². The Morgan fingerprint density at radius 3 is 2.07 bits per heavy atom. The number of hydrogen-bond donors (Lipinski definition) is 0. The average Bonchev–Trinajstić information content (AvgIpc) is 2.18.